The van der Waals surface area contributed by atoms with E-state index in [2.05, 4.69) is 15.2 Å². The molecule has 0 aliphatic heterocycles. The molecule has 0 rings (SSSR count). The minimum Gasteiger partial charge on any atom is -0.414 e. The van der Waals surface area contributed by atoms with Crippen LogP contribution in [0.25, 0.3) is 0 Å². The maximum absolute atomic E-state index is 13.0. The van der Waals surface area contributed by atoms with E-state index in [1.54, 1.807) is 0 Å². The highest BCUT2D eigenvalue weighted by atomic mass is 28.2. The predicted molar refractivity (Wildman–Crippen MR) is 52.1 cm³/mol. The van der Waals surface area contributed by atoms with E-state index in [9.17, 15) is 30.7 Å². The molecule has 0 bridgehead atoms. The van der Waals surface area contributed by atoms with Crippen LogP contribution in [0.4, 0.5) is 30.7 Å². The van der Waals surface area contributed by atoms with Crippen LogP contribution in [0.15, 0.2) is 0 Å². The average Bonchev–Trinajstić information content (AvgIpc) is 2.21. The van der Waals surface area contributed by atoms with Gasteiger partial charge in [-0.05, 0) is 26.7 Å². The van der Waals surface area contributed by atoms with Gasteiger partial charge in [-0.1, -0.05) is 0 Å². The van der Waals surface area contributed by atoms with E-state index in [4.69, 9.17) is 4.43 Å². The van der Waals surface area contributed by atoms with E-state index < -0.39 is 30.4 Å². The molecular weight excluding hydrogens is 301 g/mol. The van der Waals surface area contributed by atoms with Crippen molar-refractivity contribution >= 4 is 10.5 Å². The average molecular weight is 313 g/mol. The summed E-state index contributed by atoms with van der Waals surface area (Å²) < 4.78 is 93.6. The Hall–Kier alpha value is -0.353. The van der Waals surface area contributed by atoms with Crippen LogP contribution < -0.4 is 0 Å². The predicted octanol–water partition coefficient (Wildman–Crippen LogP) is 3.45. The fraction of sp³-hybridized carbons (Fsp3) is 1.00. The molecule has 0 heterocycles. The molecule has 2 nitrogen and oxygen atoms in total. The molecule has 3 radical (unpaired) electrons. The summed E-state index contributed by atoms with van der Waals surface area (Å²) in [5, 5.41) is 0. The van der Waals surface area contributed by atoms with Crippen LogP contribution in [0.5, 0.6) is 0 Å². The Balaban J connectivity index is 4.57. The minimum absolute atomic E-state index is 0.0717. The van der Waals surface area contributed by atoms with Crippen molar-refractivity contribution in [2.24, 2.45) is 0 Å². The van der Waals surface area contributed by atoms with E-state index in [0.717, 1.165) is 0 Å². The zero-order valence-corrected chi connectivity index (χ0v) is 11.1. The van der Waals surface area contributed by atoms with Gasteiger partial charge < -0.3 is 9.16 Å². The molecule has 0 N–H and O–H groups in total. The van der Waals surface area contributed by atoms with Crippen molar-refractivity contribution in [3.8, 4) is 0 Å². The molecule has 0 atom stereocenters. The van der Waals surface area contributed by atoms with E-state index in [-0.39, 0.29) is 12.8 Å². The zero-order chi connectivity index (χ0) is 15.5. The lowest BCUT2D eigenvalue weighted by atomic mass is 10.0. The number of hydrogen-bond acceptors (Lipinski definition) is 2. The number of alkyl halides is 7. The lowest BCUT2D eigenvalue weighted by Gasteiger charge is -2.30. The SMILES string of the molecule is CC(C)(CCCOC(F)(C(F)(F)F)C(F)(F)F)O[Si]. The standard InChI is InChI=1S/C9H12F7O2Si/c1-6(2,18-19)4-3-5-17-7(10,8(11,12)13)9(14,15)16/h3-5H2,1-2H3. The maximum atomic E-state index is 13.0. The monoisotopic (exact) mass is 313 g/mol. The normalized spacial score (nSPS) is 14.8. The third-order valence-corrected chi connectivity index (χ3v) is 2.78. The van der Waals surface area contributed by atoms with Crippen molar-refractivity contribution in [2.45, 2.75) is 50.5 Å². The molecule has 0 unspecified atom stereocenters. The van der Waals surface area contributed by atoms with Crippen molar-refractivity contribution in [2.75, 3.05) is 6.61 Å². The summed E-state index contributed by atoms with van der Waals surface area (Å²) in [6.07, 6.45) is -12.5. The third kappa shape index (κ3) is 4.92. The van der Waals surface area contributed by atoms with Crippen LogP contribution in [0.2, 0.25) is 0 Å². The van der Waals surface area contributed by atoms with Crippen LogP contribution in [0.3, 0.4) is 0 Å². The van der Waals surface area contributed by atoms with Crippen LogP contribution in [-0.4, -0.2) is 40.9 Å². The molecule has 113 valence electrons. The first kappa shape index (κ1) is 18.6. The molecule has 0 saturated carbocycles. The molecule has 0 saturated heterocycles. The fourth-order valence-corrected chi connectivity index (χ4v) is 1.19. The largest absolute Gasteiger partial charge is 0.458 e. The van der Waals surface area contributed by atoms with Gasteiger partial charge in [-0.3, -0.25) is 0 Å². The van der Waals surface area contributed by atoms with Crippen LogP contribution in [-0.2, 0) is 9.16 Å². The van der Waals surface area contributed by atoms with Gasteiger partial charge in [0.05, 0.1) is 12.2 Å². The quantitative estimate of drug-likeness (QED) is 0.425. The van der Waals surface area contributed by atoms with Crippen LogP contribution in [0.1, 0.15) is 26.7 Å². The topological polar surface area (TPSA) is 18.5 Å². The molecule has 0 spiro atoms. The highest BCUT2D eigenvalue weighted by molar-refractivity contribution is 5.98. The second-order valence-corrected chi connectivity index (χ2v) is 4.61. The molecular formula is C9H12F7O2Si. The number of hydrogen-bond donors (Lipinski definition) is 0. The van der Waals surface area contributed by atoms with Gasteiger partial charge in [0.2, 0.25) is 10.5 Å². The molecule has 0 aromatic rings. The Labute approximate surface area is 108 Å². The molecule has 0 fully saturated rings. The highest BCUT2D eigenvalue weighted by Crippen LogP contribution is 2.47. The summed E-state index contributed by atoms with van der Waals surface area (Å²) in [7, 11) is 2.70. The summed E-state index contributed by atoms with van der Waals surface area (Å²) in [5.41, 5.74) is -0.824. The van der Waals surface area contributed by atoms with E-state index in [1.807, 2.05) is 0 Å². The molecule has 0 aliphatic rings. The Morgan fingerprint density at radius 1 is 0.895 bits per heavy atom. The van der Waals surface area contributed by atoms with Gasteiger partial charge >= 0.3 is 18.2 Å². The lowest BCUT2D eigenvalue weighted by molar-refractivity contribution is -0.430. The van der Waals surface area contributed by atoms with Crippen molar-refractivity contribution < 1.29 is 39.9 Å². The molecule has 19 heavy (non-hydrogen) atoms. The number of halogens is 7. The fourth-order valence-electron chi connectivity index (χ4n) is 1.09. The van der Waals surface area contributed by atoms with Gasteiger partial charge in [-0.15, -0.1) is 0 Å². The molecule has 0 aromatic heterocycles. The van der Waals surface area contributed by atoms with Gasteiger partial charge in [0.25, 0.3) is 0 Å². The summed E-state index contributed by atoms with van der Waals surface area (Å²) in [6.45, 7) is 2.03. The van der Waals surface area contributed by atoms with E-state index in [1.165, 1.54) is 13.8 Å². The van der Waals surface area contributed by atoms with Gasteiger partial charge in [0, 0.05) is 0 Å². The summed E-state index contributed by atoms with van der Waals surface area (Å²) in [5.74, 6) is -5.65. The molecule has 0 aliphatic carbocycles. The van der Waals surface area contributed by atoms with Gasteiger partial charge in [0.15, 0.2) is 0 Å². The summed E-state index contributed by atoms with van der Waals surface area (Å²) in [4.78, 5) is 0. The maximum Gasteiger partial charge on any atom is 0.458 e. The summed E-state index contributed by atoms with van der Waals surface area (Å²) >= 11 is 0. The smallest absolute Gasteiger partial charge is 0.414 e. The second-order valence-electron chi connectivity index (χ2n) is 4.40. The minimum atomic E-state index is -6.19. The first-order chi connectivity index (χ1) is 8.27. The Morgan fingerprint density at radius 3 is 1.63 bits per heavy atom. The van der Waals surface area contributed by atoms with Gasteiger partial charge in [-0.2, -0.15) is 30.7 Å². The summed E-state index contributed by atoms with van der Waals surface area (Å²) in [6, 6.07) is 0. The van der Waals surface area contributed by atoms with E-state index in [0.29, 0.717) is 0 Å². The first-order valence-corrected chi connectivity index (χ1v) is 5.49. The lowest BCUT2D eigenvalue weighted by Crippen LogP contribution is -2.55. The van der Waals surface area contributed by atoms with E-state index >= 15 is 0 Å². The van der Waals surface area contributed by atoms with Crippen molar-refractivity contribution in [1.29, 1.82) is 0 Å². The molecule has 0 aromatic carbocycles. The third-order valence-electron chi connectivity index (χ3n) is 2.23. The first-order valence-electron chi connectivity index (χ1n) is 5.08. The van der Waals surface area contributed by atoms with Crippen molar-refractivity contribution in [1.82, 2.24) is 0 Å². The second kappa shape index (κ2) is 5.96. The Bertz CT molecular complexity index is 273. The molecule has 0 amide bonds. The van der Waals surface area contributed by atoms with Crippen molar-refractivity contribution in [3.63, 3.8) is 0 Å². The number of rotatable bonds is 6. The van der Waals surface area contributed by atoms with Crippen LogP contribution in [0, 0.1) is 0 Å². The Morgan fingerprint density at radius 2 is 1.32 bits per heavy atom. The Kier molecular flexibility index (Phi) is 5.85. The van der Waals surface area contributed by atoms with Crippen LogP contribution >= 0.6 is 0 Å². The van der Waals surface area contributed by atoms with Gasteiger partial charge in [-0.25, -0.2) is 0 Å². The van der Waals surface area contributed by atoms with Crippen molar-refractivity contribution in [3.05, 3.63) is 0 Å². The zero-order valence-electron chi connectivity index (χ0n) is 10.1. The number of ether oxygens (including phenoxy) is 1. The molecule has 10 heteroatoms. The highest BCUT2D eigenvalue weighted by Gasteiger charge is 2.74. The van der Waals surface area contributed by atoms with Gasteiger partial charge in [0.1, 0.15) is 0 Å².